The number of hydrogen-bond acceptors (Lipinski definition) is 3. The Balaban J connectivity index is 1.72. The van der Waals surface area contributed by atoms with E-state index < -0.39 is 5.41 Å². The lowest BCUT2D eigenvalue weighted by Crippen LogP contribution is -2.47. The van der Waals surface area contributed by atoms with Crippen LogP contribution >= 0.6 is 0 Å². The molecule has 1 N–H and O–H groups in total. The molecule has 0 aromatic heterocycles. The van der Waals surface area contributed by atoms with Gasteiger partial charge in [0.2, 0.25) is 5.91 Å². The van der Waals surface area contributed by atoms with Gasteiger partial charge >= 0.3 is 0 Å². The lowest BCUT2D eigenvalue weighted by Gasteiger charge is -2.23. The standard InChI is InChI=1S/C16H20FNO3/c1-2-21-14-10-20-9-13(14)18-15(19)16(7-8-16)11-5-3-4-6-12(11)17/h3-6,13-14H,2,7-10H2,1H3,(H,18,19)/t13-,14-/m0/s1. The number of hydrogen-bond donors (Lipinski definition) is 1. The average Bonchev–Trinajstić information content (AvgIpc) is 3.17. The Kier molecular flexibility index (Phi) is 3.95. The van der Waals surface area contributed by atoms with Crippen LogP contribution in [-0.2, 0) is 19.7 Å². The van der Waals surface area contributed by atoms with Crippen molar-refractivity contribution in [3.63, 3.8) is 0 Å². The van der Waals surface area contributed by atoms with Crippen molar-refractivity contribution in [2.75, 3.05) is 19.8 Å². The lowest BCUT2D eigenvalue weighted by atomic mass is 9.94. The Morgan fingerprint density at radius 3 is 2.86 bits per heavy atom. The molecule has 3 rings (SSSR count). The van der Waals surface area contributed by atoms with E-state index in [1.165, 1.54) is 6.07 Å². The summed E-state index contributed by atoms with van der Waals surface area (Å²) in [7, 11) is 0. The molecular weight excluding hydrogens is 273 g/mol. The van der Waals surface area contributed by atoms with Gasteiger partial charge in [-0.1, -0.05) is 18.2 Å². The van der Waals surface area contributed by atoms with Crippen molar-refractivity contribution >= 4 is 5.91 Å². The van der Waals surface area contributed by atoms with Crippen molar-refractivity contribution in [1.82, 2.24) is 5.32 Å². The number of halogens is 1. The fourth-order valence-electron chi connectivity index (χ4n) is 2.95. The SMILES string of the molecule is CCO[C@H]1COC[C@@H]1NC(=O)C1(c2ccccc2F)CC1. The van der Waals surface area contributed by atoms with Crippen LogP contribution in [0.4, 0.5) is 4.39 Å². The number of carbonyl (C=O) groups is 1. The fourth-order valence-corrected chi connectivity index (χ4v) is 2.95. The molecule has 2 atom stereocenters. The van der Waals surface area contributed by atoms with Gasteiger partial charge in [0.05, 0.1) is 24.7 Å². The molecule has 114 valence electrons. The Morgan fingerprint density at radius 1 is 1.43 bits per heavy atom. The largest absolute Gasteiger partial charge is 0.376 e. The first kappa shape index (κ1) is 14.5. The zero-order valence-electron chi connectivity index (χ0n) is 12.1. The van der Waals surface area contributed by atoms with E-state index in [0.29, 0.717) is 38.2 Å². The normalized spacial score (nSPS) is 26.6. The van der Waals surface area contributed by atoms with Crippen molar-refractivity contribution < 1.29 is 18.7 Å². The third-order valence-electron chi connectivity index (χ3n) is 4.30. The molecule has 0 radical (unpaired) electrons. The molecule has 1 aromatic rings. The Bertz CT molecular complexity index is 530. The summed E-state index contributed by atoms with van der Waals surface area (Å²) in [6, 6.07) is 6.37. The average molecular weight is 293 g/mol. The summed E-state index contributed by atoms with van der Waals surface area (Å²) in [4.78, 5) is 12.6. The number of rotatable bonds is 5. The first-order chi connectivity index (χ1) is 10.2. The molecule has 2 fully saturated rings. The summed E-state index contributed by atoms with van der Waals surface area (Å²) < 4.78 is 24.9. The smallest absolute Gasteiger partial charge is 0.231 e. The Hall–Kier alpha value is -1.46. The summed E-state index contributed by atoms with van der Waals surface area (Å²) >= 11 is 0. The van der Waals surface area contributed by atoms with Gasteiger partial charge in [-0.3, -0.25) is 4.79 Å². The monoisotopic (exact) mass is 293 g/mol. The van der Waals surface area contributed by atoms with Crippen molar-refractivity contribution in [1.29, 1.82) is 0 Å². The van der Waals surface area contributed by atoms with E-state index in [9.17, 15) is 9.18 Å². The highest BCUT2D eigenvalue weighted by molar-refractivity contribution is 5.91. The van der Waals surface area contributed by atoms with Crippen LogP contribution < -0.4 is 5.32 Å². The molecule has 2 aliphatic rings. The van der Waals surface area contributed by atoms with Crippen LogP contribution in [0.2, 0.25) is 0 Å². The van der Waals surface area contributed by atoms with Crippen molar-refractivity contribution in [2.24, 2.45) is 0 Å². The van der Waals surface area contributed by atoms with E-state index in [4.69, 9.17) is 9.47 Å². The van der Waals surface area contributed by atoms with Gasteiger partial charge in [-0.25, -0.2) is 4.39 Å². The van der Waals surface area contributed by atoms with E-state index in [1.807, 2.05) is 6.92 Å². The summed E-state index contributed by atoms with van der Waals surface area (Å²) in [6.45, 7) is 3.44. The van der Waals surface area contributed by atoms with Crippen LogP contribution in [0.25, 0.3) is 0 Å². The number of amides is 1. The third kappa shape index (κ3) is 2.68. The maximum atomic E-state index is 14.0. The molecule has 1 aromatic carbocycles. The minimum atomic E-state index is -0.704. The van der Waals surface area contributed by atoms with Crippen LogP contribution in [0.1, 0.15) is 25.3 Å². The molecule has 0 unspecified atom stereocenters. The van der Waals surface area contributed by atoms with E-state index in [2.05, 4.69) is 5.32 Å². The summed E-state index contributed by atoms with van der Waals surface area (Å²) in [5.41, 5.74) is -0.209. The molecule has 1 heterocycles. The molecule has 1 amide bonds. The molecule has 1 aliphatic heterocycles. The van der Waals surface area contributed by atoms with Crippen molar-refractivity contribution in [2.45, 2.75) is 37.3 Å². The number of carbonyl (C=O) groups excluding carboxylic acids is 1. The second kappa shape index (κ2) is 5.73. The van der Waals surface area contributed by atoms with Gasteiger partial charge in [0.15, 0.2) is 0 Å². The van der Waals surface area contributed by atoms with Gasteiger partial charge < -0.3 is 14.8 Å². The summed E-state index contributed by atoms with van der Waals surface area (Å²) in [6.07, 6.45) is 1.26. The van der Waals surface area contributed by atoms with Gasteiger partial charge in [-0.15, -0.1) is 0 Å². The maximum Gasteiger partial charge on any atom is 0.231 e. The van der Waals surface area contributed by atoms with Crippen LogP contribution in [0, 0.1) is 5.82 Å². The number of nitrogens with one attached hydrogen (secondary N) is 1. The van der Waals surface area contributed by atoms with Gasteiger partial charge in [0.1, 0.15) is 11.9 Å². The minimum absolute atomic E-state index is 0.115. The molecule has 5 heteroatoms. The Morgan fingerprint density at radius 2 is 2.19 bits per heavy atom. The zero-order valence-corrected chi connectivity index (χ0v) is 12.1. The number of benzene rings is 1. The second-order valence-electron chi connectivity index (χ2n) is 5.67. The van der Waals surface area contributed by atoms with Crippen LogP contribution in [-0.4, -0.2) is 37.9 Å². The van der Waals surface area contributed by atoms with Gasteiger partial charge in [-0.05, 0) is 25.8 Å². The van der Waals surface area contributed by atoms with Crippen LogP contribution in [0.5, 0.6) is 0 Å². The topological polar surface area (TPSA) is 47.6 Å². The first-order valence-corrected chi connectivity index (χ1v) is 7.42. The minimum Gasteiger partial charge on any atom is -0.376 e. The molecule has 0 spiro atoms. The van der Waals surface area contributed by atoms with E-state index in [-0.39, 0.29) is 23.9 Å². The molecule has 1 saturated heterocycles. The quantitative estimate of drug-likeness (QED) is 0.900. The van der Waals surface area contributed by atoms with Crippen LogP contribution in [0.15, 0.2) is 24.3 Å². The zero-order chi connectivity index (χ0) is 14.9. The van der Waals surface area contributed by atoms with Crippen molar-refractivity contribution in [3.05, 3.63) is 35.6 Å². The van der Waals surface area contributed by atoms with Gasteiger partial charge in [-0.2, -0.15) is 0 Å². The predicted octanol–water partition coefficient (Wildman–Crippen LogP) is 1.78. The predicted molar refractivity (Wildman–Crippen MR) is 75.5 cm³/mol. The van der Waals surface area contributed by atoms with Crippen LogP contribution in [0.3, 0.4) is 0 Å². The molecule has 1 aliphatic carbocycles. The molecule has 0 bridgehead atoms. The lowest BCUT2D eigenvalue weighted by molar-refractivity contribution is -0.125. The summed E-state index contributed by atoms with van der Waals surface area (Å²) in [5, 5.41) is 2.99. The highest BCUT2D eigenvalue weighted by Gasteiger charge is 2.53. The van der Waals surface area contributed by atoms with E-state index in [1.54, 1.807) is 18.2 Å². The second-order valence-corrected chi connectivity index (χ2v) is 5.67. The highest BCUT2D eigenvalue weighted by Crippen LogP contribution is 2.49. The fraction of sp³-hybridized carbons (Fsp3) is 0.562. The molecule has 21 heavy (non-hydrogen) atoms. The maximum absolute atomic E-state index is 14.0. The molecular formula is C16H20FNO3. The van der Waals surface area contributed by atoms with E-state index >= 15 is 0 Å². The summed E-state index contributed by atoms with van der Waals surface area (Å²) in [5.74, 6) is -0.429. The molecule has 4 nitrogen and oxygen atoms in total. The highest BCUT2D eigenvalue weighted by atomic mass is 19.1. The van der Waals surface area contributed by atoms with Gasteiger partial charge in [0.25, 0.3) is 0 Å². The molecule has 1 saturated carbocycles. The van der Waals surface area contributed by atoms with Gasteiger partial charge in [0, 0.05) is 12.2 Å². The first-order valence-electron chi connectivity index (χ1n) is 7.42. The Labute approximate surface area is 123 Å². The number of ether oxygens (including phenoxy) is 2. The third-order valence-corrected chi connectivity index (χ3v) is 4.30. The van der Waals surface area contributed by atoms with Crippen molar-refractivity contribution in [3.8, 4) is 0 Å². The van der Waals surface area contributed by atoms with E-state index in [0.717, 1.165) is 0 Å².